The van der Waals surface area contributed by atoms with Crippen LogP contribution in [0.2, 0.25) is 0 Å². The number of hydrogen-bond acceptors (Lipinski definition) is 3. The van der Waals surface area contributed by atoms with Gasteiger partial charge in [0, 0.05) is 12.1 Å². The van der Waals surface area contributed by atoms with Crippen LogP contribution in [-0.4, -0.2) is 29.9 Å². The lowest BCUT2D eigenvalue weighted by Gasteiger charge is -2.39. The molecule has 0 radical (unpaired) electrons. The molecule has 2 N–H and O–H groups in total. The van der Waals surface area contributed by atoms with Crippen molar-refractivity contribution in [1.82, 2.24) is 5.32 Å². The van der Waals surface area contributed by atoms with Crippen molar-refractivity contribution >= 4 is 0 Å². The maximum Gasteiger partial charge on any atom is 0.119 e. The molecule has 3 heteroatoms. The Morgan fingerprint density at radius 1 is 1.13 bits per heavy atom. The highest BCUT2D eigenvalue weighted by Crippen LogP contribution is 2.54. The third kappa shape index (κ3) is 4.07. The normalized spacial score (nSPS) is 24.9. The molecular weight excluding hydrogens is 286 g/mol. The highest BCUT2D eigenvalue weighted by atomic mass is 16.5. The Morgan fingerprint density at radius 2 is 1.83 bits per heavy atom. The molecule has 0 amide bonds. The van der Waals surface area contributed by atoms with Crippen LogP contribution in [0.4, 0.5) is 0 Å². The SMILES string of the molecule is CC(C)(C)NCC(O)COc1ccc2c(c1)[C@@H]1CCCCC[C@H]21. The number of benzene rings is 1. The first-order valence-electron chi connectivity index (χ1n) is 9.14. The van der Waals surface area contributed by atoms with Gasteiger partial charge in [0.25, 0.3) is 0 Å². The number of ether oxygens (including phenoxy) is 1. The van der Waals surface area contributed by atoms with Gasteiger partial charge in [-0.2, -0.15) is 0 Å². The maximum atomic E-state index is 10.0. The Morgan fingerprint density at radius 3 is 2.52 bits per heavy atom. The lowest BCUT2D eigenvalue weighted by Crippen LogP contribution is -2.42. The average Bonchev–Trinajstić information content (AvgIpc) is 2.70. The van der Waals surface area contributed by atoms with E-state index in [2.05, 4.69) is 44.3 Å². The van der Waals surface area contributed by atoms with E-state index in [0.717, 1.165) is 17.6 Å². The Hall–Kier alpha value is -1.06. The van der Waals surface area contributed by atoms with E-state index in [9.17, 15) is 5.11 Å². The van der Waals surface area contributed by atoms with Crippen LogP contribution < -0.4 is 10.1 Å². The van der Waals surface area contributed by atoms with Gasteiger partial charge in [-0.25, -0.2) is 0 Å². The summed E-state index contributed by atoms with van der Waals surface area (Å²) in [5.41, 5.74) is 3.06. The van der Waals surface area contributed by atoms with Crippen LogP contribution in [0.15, 0.2) is 18.2 Å². The highest BCUT2D eigenvalue weighted by molar-refractivity contribution is 5.49. The van der Waals surface area contributed by atoms with Gasteiger partial charge in [-0.05, 0) is 68.7 Å². The number of fused-ring (bicyclic) bond motifs is 4. The summed E-state index contributed by atoms with van der Waals surface area (Å²) in [4.78, 5) is 0. The Balaban J connectivity index is 1.54. The molecule has 3 rings (SSSR count). The number of aliphatic hydroxyl groups is 1. The van der Waals surface area contributed by atoms with E-state index in [1.165, 1.54) is 37.7 Å². The average molecular weight is 317 g/mol. The standard InChI is InChI=1S/C20H31NO2/c1-20(2,3)21-12-14(22)13-23-15-9-10-18-16-7-5-4-6-8-17(16)19(18)11-15/h9-11,14,16-17,21-22H,4-8,12-13H2,1-3H3/t14?,16-,17+/m0/s1. The van der Waals surface area contributed by atoms with Gasteiger partial charge in [-0.3, -0.25) is 0 Å². The first-order chi connectivity index (χ1) is 10.9. The number of β-amino-alcohol motifs (C(OH)–C–C–N with tert-alkyl or cyclic N) is 1. The number of rotatable bonds is 5. The van der Waals surface area contributed by atoms with Crippen LogP contribution in [0.25, 0.3) is 0 Å². The zero-order valence-corrected chi connectivity index (χ0v) is 14.8. The summed E-state index contributed by atoms with van der Waals surface area (Å²) < 4.78 is 5.82. The predicted molar refractivity (Wildman–Crippen MR) is 94.3 cm³/mol. The van der Waals surface area contributed by atoms with Gasteiger partial charge in [-0.1, -0.05) is 25.3 Å². The van der Waals surface area contributed by atoms with Crippen LogP contribution in [0.5, 0.6) is 5.75 Å². The number of aliphatic hydroxyl groups excluding tert-OH is 1. The summed E-state index contributed by atoms with van der Waals surface area (Å²) in [6.07, 6.45) is 6.34. The van der Waals surface area contributed by atoms with Crippen molar-refractivity contribution in [2.75, 3.05) is 13.2 Å². The minimum Gasteiger partial charge on any atom is -0.491 e. The number of nitrogens with one attached hydrogen (secondary N) is 1. The second kappa shape index (κ2) is 6.82. The van der Waals surface area contributed by atoms with Gasteiger partial charge >= 0.3 is 0 Å². The molecular formula is C20H31NO2. The lowest BCUT2D eigenvalue weighted by molar-refractivity contribution is 0.0999. The summed E-state index contributed by atoms with van der Waals surface area (Å²) in [6, 6.07) is 6.53. The first kappa shape index (κ1) is 16.8. The molecule has 2 aliphatic carbocycles. The van der Waals surface area contributed by atoms with E-state index in [1.807, 2.05) is 0 Å². The Kier molecular flexibility index (Phi) is 4.98. The van der Waals surface area contributed by atoms with Crippen molar-refractivity contribution in [2.24, 2.45) is 0 Å². The van der Waals surface area contributed by atoms with E-state index < -0.39 is 6.10 Å². The smallest absolute Gasteiger partial charge is 0.119 e. The van der Waals surface area contributed by atoms with Gasteiger partial charge in [-0.15, -0.1) is 0 Å². The quantitative estimate of drug-likeness (QED) is 0.864. The van der Waals surface area contributed by atoms with Gasteiger partial charge < -0.3 is 15.2 Å². The molecule has 0 aromatic heterocycles. The van der Waals surface area contributed by atoms with Gasteiger partial charge in [0.1, 0.15) is 18.5 Å². The first-order valence-corrected chi connectivity index (χ1v) is 9.14. The topological polar surface area (TPSA) is 41.5 Å². The molecule has 0 saturated heterocycles. The van der Waals surface area contributed by atoms with Crippen molar-refractivity contribution in [2.45, 2.75) is 76.4 Å². The minimum atomic E-state index is -0.481. The molecule has 128 valence electrons. The zero-order valence-electron chi connectivity index (χ0n) is 14.8. The summed E-state index contributed by atoms with van der Waals surface area (Å²) in [5.74, 6) is 2.45. The fourth-order valence-electron chi connectivity index (χ4n) is 3.93. The van der Waals surface area contributed by atoms with Gasteiger partial charge in [0.05, 0.1) is 0 Å². The predicted octanol–water partition coefficient (Wildman–Crippen LogP) is 3.96. The molecule has 2 aliphatic rings. The molecule has 23 heavy (non-hydrogen) atoms. The largest absolute Gasteiger partial charge is 0.491 e. The Labute approximate surface area is 140 Å². The molecule has 1 aromatic rings. The molecule has 0 heterocycles. The fraction of sp³-hybridized carbons (Fsp3) is 0.700. The van der Waals surface area contributed by atoms with Gasteiger partial charge in [0.2, 0.25) is 0 Å². The minimum absolute atomic E-state index is 0.0190. The van der Waals surface area contributed by atoms with E-state index >= 15 is 0 Å². The number of hydrogen-bond donors (Lipinski definition) is 2. The zero-order chi connectivity index (χ0) is 16.4. The lowest BCUT2D eigenvalue weighted by atomic mass is 9.65. The second-order valence-corrected chi connectivity index (χ2v) is 8.24. The highest BCUT2D eigenvalue weighted by Gasteiger charge is 2.37. The monoisotopic (exact) mass is 317 g/mol. The third-order valence-electron chi connectivity index (χ3n) is 5.18. The Bertz CT molecular complexity index is 535. The molecule has 0 spiro atoms. The molecule has 1 saturated carbocycles. The van der Waals surface area contributed by atoms with E-state index in [0.29, 0.717) is 13.2 Å². The van der Waals surface area contributed by atoms with Crippen molar-refractivity contribution in [3.8, 4) is 5.75 Å². The van der Waals surface area contributed by atoms with Crippen LogP contribution in [0.1, 0.15) is 75.8 Å². The molecule has 0 aliphatic heterocycles. The molecule has 3 atom stereocenters. The van der Waals surface area contributed by atoms with Crippen LogP contribution in [0, 0.1) is 0 Å². The fourth-order valence-corrected chi connectivity index (χ4v) is 3.93. The molecule has 1 unspecified atom stereocenters. The maximum absolute atomic E-state index is 10.0. The van der Waals surface area contributed by atoms with Crippen molar-refractivity contribution in [3.05, 3.63) is 29.3 Å². The van der Waals surface area contributed by atoms with E-state index in [-0.39, 0.29) is 5.54 Å². The van der Waals surface area contributed by atoms with Crippen molar-refractivity contribution in [1.29, 1.82) is 0 Å². The third-order valence-corrected chi connectivity index (χ3v) is 5.18. The van der Waals surface area contributed by atoms with Crippen LogP contribution >= 0.6 is 0 Å². The van der Waals surface area contributed by atoms with E-state index in [1.54, 1.807) is 5.56 Å². The molecule has 1 aromatic carbocycles. The molecule has 1 fully saturated rings. The second-order valence-electron chi connectivity index (χ2n) is 8.24. The molecule has 0 bridgehead atoms. The van der Waals surface area contributed by atoms with Crippen LogP contribution in [0.3, 0.4) is 0 Å². The van der Waals surface area contributed by atoms with Crippen molar-refractivity contribution in [3.63, 3.8) is 0 Å². The summed E-state index contributed by atoms with van der Waals surface area (Å²) in [7, 11) is 0. The molecule has 3 nitrogen and oxygen atoms in total. The van der Waals surface area contributed by atoms with E-state index in [4.69, 9.17) is 4.74 Å². The summed E-state index contributed by atoms with van der Waals surface area (Å²) >= 11 is 0. The van der Waals surface area contributed by atoms with Crippen LogP contribution in [-0.2, 0) is 0 Å². The van der Waals surface area contributed by atoms with Gasteiger partial charge in [0.15, 0.2) is 0 Å². The van der Waals surface area contributed by atoms with Crippen molar-refractivity contribution < 1.29 is 9.84 Å². The summed E-state index contributed by atoms with van der Waals surface area (Å²) in [6.45, 7) is 7.19. The summed E-state index contributed by atoms with van der Waals surface area (Å²) in [5, 5.41) is 13.4.